The molecule has 0 amide bonds. The van der Waals surface area contributed by atoms with Crippen molar-refractivity contribution in [2.75, 3.05) is 6.61 Å². The molecule has 0 unspecified atom stereocenters. The number of rotatable bonds is 0. The monoisotopic (exact) mass is 205 g/mol. The summed E-state index contributed by atoms with van der Waals surface area (Å²) in [5.74, 6) is 0. The fraction of sp³-hybridized carbons (Fsp3) is 1.00. The second-order valence-corrected chi connectivity index (χ2v) is 0.316. The summed E-state index contributed by atoms with van der Waals surface area (Å²) in [5, 5.41) is 7.57. The minimum atomic E-state index is 0. The molecule has 0 aliphatic rings. The van der Waals surface area contributed by atoms with Crippen molar-refractivity contribution in [2.45, 2.75) is 6.92 Å². The molecule has 0 saturated carbocycles. The normalized spacial score (nSPS) is 3.60. The molecule has 0 aliphatic carbocycles. The van der Waals surface area contributed by atoms with Gasteiger partial charge in [0, 0.05) is 42.2 Å². The predicted molar refractivity (Wildman–Crippen MR) is 15.3 cm³/mol. The third-order valence-corrected chi connectivity index (χ3v) is 0. The van der Waals surface area contributed by atoms with Crippen LogP contribution in [0.5, 0.6) is 0 Å². The maximum atomic E-state index is 7.57. The van der Waals surface area contributed by atoms with Crippen molar-refractivity contribution < 1.29 is 45.4 Å². The van der Waals surface area contributed by atoms with Crippen LogP contribution >= 0.6 is 0 Å². The van der Waals surface area contributed by atoms with E-state index >= 15 is 0 Å². The Morgan fingerprint density at radius 3 is 1.60 bits per heavy atom. The quantitative estimate of drug-likeness (QED) is 0.596. The van der Waals surface area contributed by atoms with Crippen molar-refractivity contribution in [2.24, 2.45) is 0 Å². The molecule has 0 aromatic rings. The van der Waals surface area contributed by atoms with Gasteiger partial charge in [-0.3, -0.25) is 4.70 Å². The molecule has 0 aliphatic heterocycles. The Morgan fingerprint density at radius 2 is 1.60 bits per heavy atom. The van der Waals surface area contributed by atoms with E-state index in [1.165, 1.54) is 0 Å². The van der Waals surface area contributed by atoms with Gasteiger partial charge in [0.15, 0.2) is 0 Å². The summed E-state index contributed by atoms with van der Waals surface area (Å²) in [6.45, 7) is 1.93. The Labute approximate surface area is 58.7 Å². The van der Waals surface area contributed by atoms with Gasteiger partial charge in [0.25, 0.3) is 0 Å². The fourth-order valence-electron chi connectivity index (χ4n) is 0. The van der Waals surface area contributed by atoms with Crippen LogP contribution in [0.1, 0.15) is 6.92 Å². The van der Waals surface area contributed by atoms with Crippen LogP contribution in [0.15, 0.2) is 0 Å². The van der Waals surface area contributed by atoms with Gasteiger partial charge < -0.3 is 5.11 Å². The molecular weight excluding hydrogens is 198 g/mol. The van der Waals surface area contributed by atoms with E-state index in [4.69, 9.17) is 5.11 Å². The molecule has 3 heteroatoms. The Balaban J connectivity index is -0.0000000200. The van der Waals surface area contributed by atoms with Gasteiger partial charge in [0.05, 0.1) is 0 Å². The molecule has 0 bridgehead atoms. The Bertz CT molecular complexity index is 9.61. The molecule has 1 nitrogen and oxygen atoms in total. The van der Waals surface area contributed by atoms with Gasteiger partial charge in [0.2, 0.25) is 0 Å². The van der Waals surface area contributed by atoms with Gasteiger partial charge in [-0.1, -0.05) is 0 Å². The predicted octanol–water partition coefficient (Wildman–Crippen LogP) is 0.151. The van der Waals surface area contributed by atoms with Gasteiger partial charge in [-0.05, 0) is 6.92 Å². The molecule has 31 valence electrons. The molecule has 5 heavy (non-hydrogen) atoms. The van der Waals surface area contributed by atoms with Crippen molar-refractivity contribution in [3.05, 3.63) is 0 Å². The molecule has 0 fully saturated rings. The number of hydrogen-bond acceptors (Lipinski definition) is 1. The van der Waals surface area contributed by atoms with Gasteiger partial charge in [-0.25, -0.2) is 0 Å². The number of hydrogen-bond donors (Lipinski definition) is 1. The van der Waals surface area contributed by atoms with E-state index in [-0.39, 0.29) is 46.9 Å². The summed E-state index contributed by atoms with van der Waals surface area (Å²) in [6.07, 6.45) is 0. The van der Waals surface area contributed by atoms with E-state index in [9.17, 15) is 0 Å². The minimum absolute atomic E-state index is 0. The topological polar surface area (TPSA) is 20.2 Å². The zero-order valence-electron chi connectivity index (χ0n) is 3.14. The summed E-state index contributed by atoms with van der Waals surface area (Å²) in [4.78, 5) is 0. The summed E-state index contributed by atoms with van der Waals surface area (Å²) in [6, 6.07) is 0. The van der Waals surface area contributed by atoms with Gasteiger partial charge >= 0.3 is 0 Å². The van der Waals surface area contributed by atoms with Gasteiger partial charge in [-0.2, -0.15) is 0 Å². The van der Waals surface area contributed by atoms with Crippen LogP contribution in [0.4, 0.5) is 4.70 Å². The summed E-state index contributed by atoms with van der Waals surface area (Å²) < 4.78 is 0. The van der Waals surface area contributed by atoms with Crippen LogP contribution in [-0.2, 0) is 0 Å². The number of aliphatic hydroxyl groups excluding tert-OH is 1. The van der Waals surface area contributed by atoms with E-state index in [0.29, 0.717) is 0 Å². The van der Waals surface area contributed by atoms with E-state index in [2.05, 4.69) is 0 Å². The first-order valence-electron chi connectivity index (χ1n) is 1.02. The van der Waals surface area contributed by atoms with Crippen molar-refractivity contribution in [3.63, 3.8) is 0 Å². The molecule has 0 saturated heterocycles. The van der Waals surface area contributed by atoms with Crippen molar-refractivity contribution >= 4 is 0 Å². The van der Waals surface area contributed by atoms with Crippen molar-refractivity contribution in [1.29, 1.82) is 0 Å². The molecule has 0 aromatic carbocycles. The number of halogens is 1. The van der Waals surface area contributed by atoms with Crippen LogP contribution in [0.25, 0.3) is 0 Å². The maximum absolute atomic E-state index is 7.57. The van der Waals surface area contributed by atoms with Crippen molar-refractivity contribution in [3.8, 4) is 0 Å². The second-order valence-electron chi connectivity index (χ2n) is 0.316. The molecule has 1 radical (unpaired) electrons. The van der Waals surface area contributed by atoms with E-state index in [0.717, 1.165) is 0 Å². The average molecular weight is 205 g/mol. The zero-order valence-corrected chi connectivity index (χ0v) is 6.77. The third kappa shape index (κ3) is 41.1. The first kappa shape index (κ1) is 16.5. The Morgan fingerprint density at radius 1 is 1.60 bits per heavy atom. The SMILES string of the molecule is CCO.F.[La]. The zero-order chi connectivity index (χ0) is 2.71. The molecule has 0 rings (SSSR count). The summed E-state index contributed by atoms with van der Waals surface area (Å²) in [5.41, 5.74) is 0. The molecule has 0 atom stereocenters. The van der Waals surface area contributed by atoms with Crippen LogP contribution in [0.3, 0.4) is 0 Å². The molecule has 0 aromatic heterocycles. The second kappa shape index (κ2) is 19.5. The fourth-order valence-corrected chi connectivity index (χ4v) is 0. The maximum Gasteiger partial charge on any atom is 0.0402 e. The average Bonchev–Trinajstić information content (AvgIpc) is 0.918. The standard InChI is InChI=1S/C2H6O.FH.La/c1-2-3;;/h3H,2H2,1H3;1H;. The molecular formula is C2H7FLaO. The van der Waals surface area contributed by atoms with Gasteiger partial charge in [0.1, 0.15) is 0 Å². The molecule has 0 spiro atoms. The number of aliphatic hydroxyl groups is 1. The van der Waals surface area contributed by atoms with Crippen LogP contribution in [0, 0.1) is 35.6 Å². The third-order valence-electron chi connectivity index (χ3n) is 0. The summed E-state index contributed by atoms with van der Waals surface area (Å²) in [7, 11) is 0. The van der Waals surface area contributed by atoms with Crippen LogP contribution in [-0.4, -0.2) is 11.7 Å². The van der Waals surface area contributed by atoms with Crippen LogP contribution < -0.4 is 0 Å². The first-order chi connectivity index (χ1) is 1.41. The van der Waals surface area contributed by atoms with Gasteiger partial charge in [-0.15, -0.1) is 0 Å². The van der Waals surface area contributed by atoms with Crippen molar-refractivity contribution in [1.82, 2.24) is 0 Å². The summed E-state index contributed by atoms with van der Waals surface area (Å²) >= 11 is 0. The van der Waals surface area contributed by atoms with E-state index in [1.54, 1.807) is 6.92 Å². The Hall–Kier alpha value is 1.08. The van der Waals surface area contributed by atoms with E-state index in [1.807, 2.05) is 0 Å². The minimum Gasteiger partial charge on any atom is -0.397 e. The largest absolute Gasteiger partial charge is 0.397 e. The Kier molecular flexibility index (Phi) is 64.5. The first-order valence-corrected chi connectivity index (χ1v) is 1.02. The van der Waals surface area contributed by atoms with Crippen LogP contribution in [0.2, 0.25) is 0 Å². The molecule has 1 N–H and O–H groups in total. The van der Waals surface area contributed by atoms with E-state index < -0.39 is 0 Å². The smallest absolute Gasteiger partial charge is 0.0402 e. The molecule has 0 heterocycles.